The van der Waals surface area contributed by atoms with Gasteiger partial charge in [-0.15, -0.1) is 0 Å². The van der Waals surface area contributed by atoms with Crippen molar-refractivity contribution in [3.05, 3.63) is 85.1 Å². The molecule has 2 atom stereocenters. The molecule has 92 heavy (non-hydrogen) atoms. The Morgan fingerprint density at radius 2 is 0.598 bits per heavy atom. The molecule has 536 valence electrons. The van der Waals surface area contributed by atoms with Gasteiger partial charge in [-0.3, -0.25) is 18.6 Å². The Hall–Kier alpha value is -2.81. The van der Waals surface area contributed by atoms with E-state index in [1.54, 1.807) is 0 Å². The molecule has 0 heterocycles. The molecule has 3 N–H and O–H groups in total. The van der Waals surface area contributed by atoms with E-state index in [0.29, 0.717) is 6.42 Å². The van der Waals surface area contributed by atoms with E-state index in [-0.39, 0.29) is 38.6 Å². The zero-order chi connectivity index (χ0) is 66.5. The third-order valence-corrected chi connectivity index (χ3v) is 18.5. The Bertz CT molecular complexity index is 1790. The lowest BCUT2D eigenvalue weighted by atomic mass is 10.0. The number of esters is 2. The van der Waals surface area contributed by atoms with Crippen molar-refractivity contribution in [2.24, 2.45) is 5.73 Å². The Kier molecular flexibility index (Phi) is 74.8. The van der Waals surface area contributed by atoms with Gasteiger partial charge in [-0.25, -0.2) is 4.57 Å². The van der Waals surface area contributed by atoms with E-state index < -0.39 is 26.5 Å². The van der Waals surface area contributed by atoms with Crippen molar-refractivity contribution in [2.45, 2.75) is 399 Å². The van der Waals surface area contributed by atoms with Crippen LogP contribution in [0.5, 0.6) is 0 Å². The smallest absolute Gasteiger partial charge is 0.462 e. The lowest BCUT2D eigenvalue weighted by Gasteiger charge is -2.19. The van der Waals surface area contributed by atoms with Gasteiger partial charge in [-0.1, -0.05) is 394 Å². The molecule has 0 saturated carbocycles. The number of unbranched alkanes of at least 4 members (excludes halogenated alkanes) is 48. The van der Waals surface area contributed by atoms with Gasteiger partial charge in [-0.05, 0) is 70.6 Å². The average molecular weight is 1310 g/mol. The molecule has 0 aromatic rings. The van der Waals surface area contributed by atoms with Crippen LogP contribution in [0, 0.1) is 0 Å². The van der Waals surface area contributed by atoms with E-state index in [1.165, 1.54) is 276 Å². The van der Waals surface area contributed by atoms with Crippen LogP contribution in [0.2, 0.25) is 0 Å². The van der Waals surface area contributed by atoms with Crippen molar-refractivity contribution in [1.82, 2.24) is 0 Å². The maximum Gasteiger partial charge on any atom is 0.472 e. The van der Waals surface area contributed by atoms with Gasteiger partial charge in [0.1, 0.15) is 6.61 Å². The van der Waals surface area contributed by atoms with Gasteiger partial charge < -0.3 is 20.1 Å². The molecule has 0 rings (SSSR count). The number of ether oxygens (including phenoxy) is 2. The molecule has 2 unspecified atom stereocenters. The first-order valence-corrected chi connectivity index (χ1v) is 41.1. The van der Waals surface area contributed by atoms with Crippen LogP contribution in [0.1, 0.15) is 393 Å². The fourth-order valence-electron chi connectivity index (χ4n) is 11.7. The van der Waals surface area contributed by atoms with Crippen LogP contribution in [-0.2, 0) is 32.7 Å². The standard InChI is InChI=1S/C82H150NO8P/c1-3-5-7-9-11-13-15-17-19-21-23-25-27-29-31-33-35-37-39-41-42-44-46-48-50-52-54-56-58-60-62-64-66-68-70-72-74-81(84)88-78-80(79-90-92(86,87)89-77-76-83)91-82(85)75-73-71-69-67-65-63-61-59-57-55-53-51-49-47-45-43-40-38-36-34-32-30-28-26-24-22-20-18-16-14-12-10-8-6-4-2/h6,8,12,14,18,20,24,26,30,32,36,38,43,45,80H,3-5,7,9-11,13,15-17,19,21-23,25,27-29,31,33-35,37,39-42,44,46-79,83H2,1-2H3,(H,86,87)/b8-6-,14-12-,20-18-,26-24-,32-30-,38-36-,45-43-. The summed E-state index contributed by atoms with van der Waals surface area (Å²) >= 11 is 0. The minimum atomic E-state index is -4.40. The molecule has 10 heteroatoms. The maximum absolute atomic E-state index is 12.8. The molecule has 0 radical (unpaired) electrons. The van der Waals surface area contributed by atoms with Crippen LogP contribution < -0.4 is 5.73 Å². The zero-order valence-corrected chi connectivity index (χ0v) is 61.4. The zero-order valence-electron chi connectivity index (χ0n) is 60.5. The summed E-state index contributed by atoms with van der Waals surface area (Å²) in [7, 11) is -4.40. The third-order valence-electron chi connectivity index (χ3n) is 17.5. The van der Waals surface area contributed by atoms with Gasteiger partial charge in [-0.2, -0.15) is 0 Å². The van der Waals surface area contributed by atoms with Gasteiger partial charge in [0, 0.05) is 19.4 Å². The lowest BCUT2D eigenvalue weighted by Crippen LogP contribution is -2.29. The predicted octanol–water partition coefficient (Wildman–Crippen LogP) is 26.5. The molecule has 0 fully saturated rings. The van der Waals surface area contributed by atoms with Crippen LogP contribution >= 0.6 is 7.82 Å². The van der Waals surface area contributed by atoms with Crippen molar-refractivity contribution in [1.29, 1.82) is 0 Å². The molecule has 0 aliphatic rings. The summed E-state index contributed by atoms with van der Waals surface area (Å²) in [6.07, 6.45) is 104. The predicted molar refractivity (Wildman–Crippen MR) is 399 cm³/mol. The summed E-state index contributed by atoms with van der Waals surface area (Å²) in [6.45, 7) is 3.69. The maximum atomic E-state index is 12.8. The highest BCUT2D eigenvalue weighted by Gasteiger charge is 2.26. The van der Waals surface area contributed by atoms with Crippen LogP contribution in [0.15, 0.2) is 85.1 Å². The lowest BCUT2D eigenvalue weighted by molar-refractivity contribution is -0.161. The molecule has 0 aromatic carbocycles. The Labute approximate surface area is 570 Å². The highest BCUT2D eigenvalue weighted by Crippen LogP contribution is 2.43. The second kappa shape index (κ2) is 77.2. The van der Waals surface area contributed by atoms with Gasteiger partial charge in [0.2, 0.25) is 0 Å². The number of allylic oxidation sites excluding steroid dienone is 14. The molecule has 0 bridgehead atoms. The first-order valence-electron chi connectivity index (χ1n) is 39.6. The number of hydrogen-bond donors (Lipinski definition) is 2. The van der Waals surface area contributed by atoms with Gasteiger partial charge in [0.05, 0.1) is 13.2 Å². The molecule has 0 aliphatic carbocycles. The van der Waals surface area contributed by atoms with Crippen molar-refractivity contribution in [3.8, 4) is 0 Å². The quantitative estimate of drug-likeness (QED) is 0.0264. The SMILES string of the molecule is CC/C=C\C/C=C\C/C=C\C/C=C\C/C=C\C/C=C\C/C=C\CCCCCCCCCCCCCCCC(=O)OC(COC(=O)CCCCCCCCCCCCCCCCCCCCCCCCCCCCCCCCCCCCCC)COP(=O)(O)OCCN. The molecular weight excluding hydrogens is 1160 g/mol. The number of nitrogens with two attached hydrogens (primary N) is 1. The molecule has 9 nitrogen and oxygen atoms in total. The van der Waals surface area contributed by atoms with Crippen LogP contribution in [0.4, 0.5) is 0 Å². The average Bonchev–Trinajstić information content (AvgIpc) is 2.93. The summed E-state index contributed by atoms with van der Waals surface area (Å²) in [4.78, 5) is 35.5. The number of carbonyl (C=O) groups excluding carboxylic acids is 2. The van der Waals surface area contributed by atoms with Gasteiger partial charge in [0.15, 0.2) is 6.10 Å². The van der Waals surface area contributed by atoms with Gasteiger partial charge >= 0.3 is 19.8 Å². The fourth-order valence-corrected chi connectivity index (χ4v) is 12.5. The number of phosphoric acid groups is 1. The summed E-state index contributed by atoms with van der Waals surface area (Å²) in [5.74, 6) is -0.813. The molecule has 0 aliphatic heterocycles. The molecule has 0 aromatic heterocycles. The van der Waals surface area contributed by atoms with Gasteiger partial charge in [0.25, 0.3) is 0 Å². The number of hydrogen-bond acceptors (Lipinski definition) is 8. The van der Waals surface area contributed by atoms with Crippen LogP contribution in [0.3, 0.4) is 0 Å². The van der Waals surface area contributed by atoms with Crippen molar-refractivity contribution < 1.29 is 37.6 Å². The summed E-state index contributed by atoms with van der Waals surface area (Å²) < 4.78 is 33.3. The van der Waals surface area contributed by atoms with Crippen molar-refractivity contribution in [2.75, 3.05) is 26.4 Å². The Morgan fingerprint density at radius 1 is 0.337 bits per heavy atom. The monoisotopic (exact) mass is 1310 g/mol. The topological polar surface area (TPSA) is 134 Å². The second-order valence-corrected chi connectivity index (χ2v) is 28.0. The summed E-state index contributed by atoms with van der Waals surface area (Å²) in [6, 6.07) is 0. The van der Waals surface area contributed by atoms with E-state index in [9.17, 15) is 19.0 Å². The summed E-state index contributed by atoms with van der Waals surface area (Å²) in [5, 5.41) is 0. The minimum Gasteiger partial charge on any atom is -0.462 e. The fraction of sp³-hybridized carbons (Fsp3) is 0.805. The summed E-state index contributed by atoms with van der Waals surface area (Å²) in [5.41, 5.74) is 5.41. The minimum absolute atomic E-state index is 0.0525. The van der Waals surface area contributed by atoms with Crippen molar-refractivity contribution >= 4 is 19.8 Å². The first kappa shape index (κ1) is 89.2. The van der Waals surface area contributed by atoms with E-state index in [4.69, 9.17) is 24.3 Å². The first-order chi connectivity index (χ1) is 45.3. The molecule has 0 saturated heterocycles. The largest absolute Gasteiger partial charge is 0.472 e. The Morgan fingerprint density at radius 3 is 0.891 bits per heavy atom. The highest BCUT2D eigenvalue weighted by molar-refractivity contribution is 7.47. The van der Waals surface area contributed by atoms with E-state index in [1.807, 2.05) is 0 Å². The van der Waals surface area contributed by atoms with Crippen LogP contribution in [0.25, 0.3) is 0 Å². The van der Waals surface area contributed by atoms with E-state index in [2.05, 4.69) is 98.9 Å². The second-order valence-electron chi connectivity index (χ2n) is 26.6. The number of phosphoric ester groups is 1. The van der Waals surface area contributed by atoms with Crippen molar-refractivity contribution in [3.63, 3.8) is 0 Å². The van der Waals surface area contributed by atoms with Crippen LogP contribution in [-0.4, -0.2) is 49.3 Å². The number of carbonyl (C=O) groups is 2. The third kappa shape index (κ3) is 76.2. The molecular formula is C82H150NO8P. The Balaban J connectivity index is 3.80. The normalized spacial score (nSPS) is 13.3. The molecule has 0 amide bonds. The van der Waals surface area contributed by atoms with E-state index in [0.717, 1.165) is 83.5 Å². The van der Waals surface area contributed by atoms with E-state index >= 15 is 0 Å². The number of rotatable bonds is 75. The molecule has 0 spiro atoms. The highest BCUT2D eigenvalue weighted by atomic mass is 31.2.